The van der Waals surface area contributed by atoms with Gasteiger partial charge in [-0.05, 0) is 55.7 Å². The lowest BCUT2D eigenvalue weighted by molar-refractivity contribution is -0.124. The average molecular weight is 380 g/mol. The van der Waals surface area contributed by atoms with E-state index in [1.165, 1.54) is 23.8 Å². The van der Waals surface area contributed by atoms with Gasteiger partial charge in [-0.15, -0.1) is 0 Å². The van der Waals surface area contributed by atoms with E-state index in [4.69, 9.17) is 27.9 Å². The summed E-state index contributed by atoms with van der Waals surface area (Å²) in [5, 5.41) is 3.46. The Bertz CT molecular complexity index is 785. The van der Waals surface area contributed by atoms with Crippen molar-refractivity contribution in [2.75, 3.05) is 6.61 Å². The van der Waals surface area contributed by atoms with Crippen molar-refractivity contribution in [3.05, 3.63) is 68.7 Å². The molecular formula is C19H19Cl2NO3. The van der Waals surface area contributed by atoms with Crippen molar-refractivity contribution >= 4 is 35.1 Å². The number of carbonyl (C=O) groups excluding carboxylic acids is 2. The van der Waals surface area contributed by atoms with E-state index in [2.05, 4.69) is 5.32 Å². The normalized spacial score (nSPS) is 11.7. The molecule has 0 unspecified atom stereocenters. The van der Waals surface area contributed by atoms with Gasteiger partial charge in [-0.25, -0.2) is 4.79 Å². The van der Waals surface area contributed by atoms with Gasteiger partial charge >= 0.3 is 5.97 Å². The molecule has 0 fully saturated rings. The maximum atomic E-state index is 12.0. The van der Waals surface area contributed by atoms with E-state index in [0.29, 0.717) is 10.0 Å². The number of halogens is 2. The second kappa shape index (κ2) is 8.37. The molecule has 2 aromatic carbocycles. The largest absolute Gasteiger partial charge is 0.452 e. The molecule has 0 aliphatic rings. The monoisotopic (exact) mass is 379 g/mol. The first kappa shape index (κ1) is 19.3. The van der Waals surface area contributed by atoms with Crippen molar-refractivity contribution in [2.24, 2.45) is 0 Å². The number of esters is 1. The van der Waals surface area contributed by atoms with Crippen molar-refractivity contribution < 1.29 is 14.3 Å². The predicted octanol–water partition coefficient (Wildman–Crippen LogP) is 4.64. The number of nitrogens with one attached hydrogen (secondary N) is 1. The van der Waals surface area contributed by atoms with E-state index in [1.807, 2.05) is 39.0 Å². The van der Waals surface area contributed by atoms with Gasteiger partial charge in [0.1, 0.15) is 0 Å². The van der Waals surface area contributed by atoms with Crippen LogP contribution in [0.25, 0.3) is 0 Å². The molecule has 1 N–H and O–H groups in total. The third-order valence-corrected chi connectivity index (χ3v) is 4.28. The van der Waals surface area contributed by atoms with E-state index >= 15 is 0 Å². The fourth-order valence-electron chi connectivity index (χ4n) is 2.29. The second-order valence-electron chi connectivity index (χ2n) is 5.87. The van der Waals surface area contributed by atoms with E-state index in [-0.39, 0.29) is 24.1 Å². The van der Waals surface area contributed by atoms with E-state index in [1.54, 1.807) is 0 Å². The van der Waals surface area contributed by atoms with Crippen LogP contribution in [0.5, 0.6) is 0 Å². The minimum atomic E-state index is -0.654. The molecule has 1 amide bonds. The highest BCUT2D eigenvalue weighted by Gasteiger charge is 2.14. The Morgan fingerprint density at radius 1 is 1.04 bits per heavy atom. The van der Waals surface area contributed by atoms with E-state index < -0.39 is 5.97 Å². The molecule has 0 bridgehead atoms. The van der Waals surface area contributed by atoms with Crippen LogP contribution in [-0.4, -0.2) is 18.5 Å². The molecule has 0 radical (unpaired) electrons. The lowest BCUT2D eigenvalue weighted by Gasteiger charge is -2.16. The second-order valence-corrected chi connectivity index (χ2v) is 6.74. The molecule has 0 aromatic heterocycles. The summed E-state index contributed by atoms with van der Waals surface area (Å²) >= 11 is 11.7. The Morgan fingerprint density at radius 2 is 1.68 bits per heavy atom. The summed E-state index contributed by atoms with van der Waals surface area (Å²) in [5.74, 6) is -1.04. The van der Waals surface area contributed by atoms with Gasteiger partial charge in [0.05, 0.1) is 11.6 Å². The van der Waals surface area contributed by atoms with Gasteiger partial charge in [0, 0.05) is 10.0 Å². The molecule has 1 atom stereocenters. The standard InChI is InChI=1S/C19H19Cl2NO3/c1-11-4-5-14(6-12(11)2)13(3)22-18(23)10-25-19(24)15-7-16(20)9-17(21)8-15/h4-9,13H,10H2,1-3H3,(H,22,23)/t13-/m0/s1. The van der Waals surface area contributed by atoms with Crippen LogP contribution < -0.4 is 5.32 Å². The number of benzene rings is 2. The fraction of sp³-hybridized carbons (Fsp3) is 0.263. The molecule has 132 valence electrons. The van der Waals surface area contributed by atoms with Crippen molar-refractivity contribution in [1.82, 2.24) is 5.32 Å². The number of aryl methyl sites for hydroxylation is 2. The molecule has 25 heavy (non-hydrogen) atoms. The molecule has 2 aromatic rings. The molecule has 4 nitrogen and oxygen atoms in total. The first-order valence-electron chi connectivity index (χ1n) is 7.76. The van der Waals surface area contributed by atoms with Gasteiger partial charge in [0.25, 0.3) is 5.91 Å². The topological polar surface area (TPSA) is 55.4 Å². The third kappa shape index (κ3) is 5.48. The summed E-state index contributed by atoms with van der Waals surface area (Å²) in [7, 11) is 0. The van der Waals surface area contributed by atoms with Crippen LogP contribution in [0.3, 0.4) is 0 Å². The Morgan fingerprint density at radius 3 is 2.28 bits per heavy atom. The molecule has 0 heterocycles. The van der Waals surface area contributed by atoms with Crippen molar-refractivity contribution in [1.29, 1.82) is 0 Å². The van der Waals surface area contributed by atoms with Gasteiger partial charge in [-0.1, -0.05) is 41.4 Å². The minimum Gasteiger partial charge on any atom is -0.452 e. The van der Waals surface area contributed by atoms with Gasteiger partial charge < -0.3 is 10.1 Å². The Hall–Kier alpha value is -2.04. The van der Waals surface area contributed by atoms with Gasteiger partial charge in [0.15, 0.2) is 6.61 Å². The zero-order valence-electron chi connectivity index (χ0n) is 14.2. The van der Waals surface area contributed by atoms with Gasteiger partial charge in [0.2, 0.25) is 0 Å². The predicted molar refractivity (Wildman–Crippen MR) is 99.2 cm³/mol. The maximum Gasteiger partial charge on any atom is 0.338 e. The zero-order chi connectivity index (χ0) is 18.6. The summed E-state index contributed by atoms with van der Waals surface area (Å²) in [5.41, 5.74) is 3.54. The Balaban J connectivity index is 1.91. The summed E-state index contributed by atoms with van der Waals surface area (Å²) in [6, 6.07) is 10.2. The summed E-state index contributed by atoms with van der Waals surface area (Å²) in [4.78, 5) is 24.0. The van der Waals surface area contributed by atoms with Crippen LogP contribution in [0, 0.1) is 13.8 Å². The number of ether oxygens (including phenoxy) is 1. The summed E-state index contributed by atoms with van der Waals surface area (Å²) in [6.07, 6.45) is 0. The number of hydrogen-bond acceptors (Lipinski definition) is 3. The smallest absolute Gasteiger partial charge is 0.338 e. The van der Waals surface area contributed by atoms with Crippen LogP contribution in [-0.2, 0) is 9.53 Å². The van der Waals surface area contributed by atoms with Crippen LogP contribution in [0.1, 0.15) is 40.0 Å². The molecule has 0 spiro atoms. The lowest BCUT2D eigenvalue weighted by Crippen LogP contribution is -2.31. The van der Waals surface area contributed by atoms with Crippen LogP contribution in [0.4, 0.5) is 0 Å². The number of amides is 1. The highest BCUT2D eigenvalue weighted by Crippen LogP contribution is 2.20. The molecule has 0 aliphatic heterocycles. The first-order chi connectivity index (χ1) is 11.8. The minimum absolute atomic E-state index is 0.189. The van der Waals surface area contributed by atoms with Gasteiger partial charge in [-0.3, -0.25) is 4.79 Å². The van der Waals surface area contributed by atoms with Crippen molar-refractivity contribution in [3.63, 3.8) is 0 Å². The molecule has 2 rings (SSSR count). The summed E-state index contributed by atoms with van der Waals surface area (Å²) < 4.78 is 5.01. The fourth-order valence-corrected chi connectivity index (χ4v) is 2.81. The molecular weight excluding hydrogens is 361 g/mol. The first-order valence-corrected chi connectivity index (χ1v) is 8.51. The summed E-state index contributed by atoms with van der Waals surface area (Å²) in [6.45, 7) is 5.55. The highest BCUT2D eigenvalue weighted by atomic mass is 35.5. The van der Waals surface area contributed by atoms with E-state index in [9.17, 15) is 9.59 Å². The third-order valence-electron chi connectivity index (χ3n) is 3.84. The average Bonchev–Trinajstić information content (AvgIpc) is 2.54. The highest BCUT2D eigenvalue weighted by molar-refractivity contribution is 6.35. The van der Waals surface area contributed by atoms with E-state index in [0.717, 1.165) is 11.1 Å². The molecule has 0 saturated heterocycles. The van der Waals surface area contributed by atoms with Crippen LogP contribution in [0.15, 0.2) is 36.4 Å². The van der Waals surface area contributed by atoms with Crippen LogP contribution >= 0.6 is 23.2 Å². The molecule has 0 aliphatic carbocycles. The zero-order valence-corrected chi connectivity index (χ0v) is 15.7. The quantitative estimate of drug-likeness (QED) is 0.769. The number of carbonyl (C=O) groups is 2. The lowest BCUT2D eigenvalue weighted by atomic mass is 10.0. The Kier molecular flexibility index (Phi) is 6.45. The molecule has 0 saturated carbocycles. The van der Waals surface area contributed by atoms with Crippen molar-refractivity contribution in [3.8, 4) is 0 Å². The van der Waals surface area contributed by atoms with Crippen molar-refractivity contribution in [2.45, 2.75) is 26.8 Å². The molecule has 6 heteroatoms. The maximum absolute atomic E-state index is 12.0. The Labute approximate surface area is 157 Å². The van der Waals surface area contributed by atoms with Crippen LogP contribution in [0.2, 0.25) is 10.0 Å². The number of rotatable bonds is 5. The van der Waals surface area contributed by atoms with Gasteiger partial charge in [-0.2, -0.15) is 0 Å². The SMILES string of the molecule is Cc1ccc([C@H](C)NC(=O)COC(=O)c2cc(Cl)cc(Cl)c2)cc1C. The number of hydrogen-bond donors (Lipinski definition) is 1.